The zero-order chi connectivity index (χ0) is 43.7. The molecule has 0 rings (SSSR count). The van der Waals surface area contributed by atoms with Gasteiger partial charge in [0.1, 0.15) is 13.2 Å². The summed E-state index contributed by atoms with van der Waals surface area (Å²) in [6.45, 7) is 6.57. The molecule has 0 unspecified atom stereocenters. The van der Waals surface area contributed by atoms with Gasteiger partial charge in [-0.2, -0.15) is 0 Å². The molecule has 0 aliphatic rings. The van der Waals surface area contributed by atoms with Gasteiger partial charge in [0.05, 0.1) is 0 Å². The maximum absolute atomic E-state index is 12.8. The minimum absolute atomic E-state index is 0.0814. The number of esters is 3. The lowest BCUT2D eigenvalue weighted by atomic mass is 10.0. The third kappa shape index (κ3) is 46.4. The predicted molar refractivity (Wildman–Crippen MR) is 256 cm³/mol. The normalized spacial score (nSPS) is 12.4. The smallest absolute Gasteiger partial charge is 0.306 e. The van der Waals surface area contributed by atoms with E-state index in [0.717, 1.165) is 103 Å². The Bertz CT molecular complexity index is 1060. The zero-order valence-corrected chi connectivity index (χ0v) is 39.7. The molecule has 0 amide bonds. The molecule has 0 aromatic heterocycles. The van der Waals surface area contributed by atoms with Crippen molar-refractivity contribution in [1.29, 1.82) is 0 Å². The minimum atomic E-state index is -0.782. The van der Waals surface area contributed by atoms with Crippen molar-refractivity contribution in [3.8, 4) is 0 Å². The fraction of sp³-hybridized carbons (Fsp3) is 0.796. The number of unbranched alkanes of at least 4 members (excludes halogenated alkanes) is 27. The van der Waals surface area contributed by atoms with Crippen LogP contribution in [0.1, 0.15) is 258 Å². The van der Waals surface area contributed by atoms with Crippen molar-refractivity contribution in [2.24, 2.45) is 0 Å². The van der Waals surface area contributed by atoms with Crippen molar-refractivity contribution in [2.45, 2.75) is 264 Å². The number of allylic oxidation sites excluding steroid dienone is 8. The second-order valence-corrected chi connectivity index (χ2v) is 17.1. The Balaban J connectivity index is 4.41. The highest BCUT2D eigenvalue weighted by Gasteiger charge is 2.19. The van der Waals surface area contributed by atoms with Crippen LogP contribution in [0.4, 0.5) is 0 Å². The second-order valence-electron chi connectivity index (χ2n) is 17.1. The highest BCUT2D eigenvalue weighted by Crippen LogP contribution is 2.15. The lowest BCUT2D eigenvalue weighted by Gasteiger charge is -2.18. The van der Waals surface area contributed by atoms with Gasteiger partial charge in [0, 0.05) is 19.3 Å². The molecule has 0 aliphatic carbocycles. The van der Waals surface area contributed by atoms with Crippen molar-refractivity contribution in [3.05, 3.63) is 48.6 Å². The molecule has 0 fully saturated rings. The molecule has 0 aliphatic heterocycles. The Morgan fingerprint density at radius 3 is 0.950 bits per heavy atom. The third-order valence-electron chi connectivity index (χ3n) is 11.1. The number of ether oxygens (including phenoxy) is 3. The third-order valence-corrected chi connectivity index (χ3v) is 11.1. The first-order valence-electron chi connectivity index (χ1n) is 25.6. The van der Waals surface area contributed by atoms with Crippen LogP contribution in [0.3, 0.4) is 0 Å². The Morgan fingerprint density at radius 1 is 0.333 bits per heavy atom. The molecule has 0 radical (unpaired) electrons. The van der Waals surface area contributed by atoms with Gasteiger partial charge in [0.15, 0.2) is 6.10 Å². The van der Waals surface area contributed by atoms with Crippen LogP contribution in [0.5, 0.6) is 0 Å². The van der Waals surface area contributed by atoms with Crippen LogP contribution < -0.4 is 0 Å². The van der Waals surface area contributed by atoms with Crippen LogP contribution in [-0.4, -0.2) is 37.2 Å². The van der Waals surface area contributed by atoms with Crippen LogP contribution in [-0.2, 0) is 28.6 Å². The molecular weight excluding hydrogens is 745 g/mol. The van der Waals surface area contributed by atoms with E-state index in [1.54, 1.807) is 0 Å². The lowest BCUT2D eigenvalue weighted by molar-refractivity contribution is -0.167. The Labute approximate surface area is 371 Å². The van der Waals surface area contributed by atoms with E-state index in [-0.39, 0.29) is 31.1 Å². The van der Waals surface area contributed by atoms with E-state index in [9.17, 15) is 14.4 Å². The lowest BCUT2D eigenvalue weighted by Crippen LogP contribution is -2.30. The summed E-state index contributed by atoms with van der Waals surface area (Å²) in [7, 11) is 0. The summed E-state index contributed by atoms with van der Waals surface area (Å²) in [5.41, 5.74) is 0. The van der Waals surface area contributed by atoms with E-state index in [1.165, 1.54) is 116 Å². The van der Waals surface area contributed by atoms with Crippen molar-refractivity contribution in [3.63, 3.8) is 0 Å². The Kier molecular flexibility index (Phi) is 46.9. The molecule has 0 spiro atoms. The number of hydrogen-bond acceptors (Lipinski definition) is 6. The highest BCUT2D eigenvalue weighted by molar-refractivity contribution is 5.71. The fourth-order valence-electron chi connectivity index (χ4n) is 7.15. The minimum Gasteiger partial charge on any atom is -0.462 e. The van der Waals surface area contributed by atoms with E-state index in [4.69, 9.17) is 14.2 Å². The SMILES string of the molecule is CCCCC/C=C\C/C=C\CCCCCCCC(=O)OC[C@H](COC(=O)CCCCCCCCCCCCCC)OC(=O)CCCCCCC/C=C\C/C=C\CCCCC. The zero-order valence-electron chi connectivity index (χ0n) is 39.7. The number of carbonyl (C=O) groups excluding carboxylic acids is 3. The van der Waals surface area contributed by atoms with Gasteiger partial charge in [-0.1, -0.05) is 204 Å². The average molecular weight is 841 g/mol. The van der Waals surface area contributed by atoms with Crippen LogP contribution in [0.2, 0.25) is 0 Å². The topological polar surface area (TPSA) is 78.9 Å². The molecule has 1 atom stereocenters. The number of rotatable bonds is 46. The molecule has 60 heavy (non-hydrogen) atoms. The van der Waals surface area contributed by atoms with E-state index in [2.05, 4.69) is 69.4 Å². The van der Waals surface area contributed by atoms with E-state index >= 15 is 0 Å². The first-order chi connectivity index (χ1) is 29.5. The largest absolute Gasteiger partial charge is 0.462 e. The van der Waals surface area contributed by atoms with Gasteiger partial charge in [-0.25, -0.2) is 0 Å². The molecular formula is C54H96O6. The van der Waals surface area contributed by atoms with E-state index in [0.29, 0.717) is 19.3 Å². The number of hydrogen-bond donors (Lipinski definition) is 0. The van der Waals surface area contributed by atoms with Crippen molar-refractivity contribution in [2.75, 3.05) is 13.2 Å². The van der Waals surface area contributed by atoms with E-state index in [1.807, 2.05) is 0 Å². The standard InChI is InChI=1S/C54H96O6/c1-4-7-10-13-16-19-22-25-27-29-32-35-38-41-44-47-53(56)59-50-51(49-58-52(55)46-43-40-37-34-31-24-21-18-15-12-9-6-3)60-54(57)48-45-42-39-36-33-30-28-26-23-20-17-14-11-8-5-2/h16-17,19-20,25-28,51H,4-15,18,21-24,29-50H2,1-3H3/b19-16-,20-17-,27-25-,28-26-/t51-/m0/s1. The second kappa shape index (κ2) is 49.0. The molecule has 0 saturated carbocycles. The van der Waals surface area contributed by atoms with Gasteiger partial charge in [0.2, 0.25) is 0 Å². The number of carbonyl (C=O) groups is 3. The van der Waals surface area contributed by atoms with Crippen molar-refractivity contribution >= 4 is 17.9 Å². The summed E-state index contributed by atoms with van der Waals surface area (Å²) in [5.74, 6) is -0.904. The van der Waals surface area contributed by atoms with Crippen molar-refractivity contribution in [1.82, 2.24) is 0 Å². The summed E-state index contributed by atoms with van der Waals surface area (Å²) < 4.78 is 16.8. The summed E-state index contributed by atoms with van der Waals surface area (Å²) >= 11 is 0. The monoisotopic (exact) mass is 841 g/mol. The van der Waals surface area contributed by atoms with Gasteiger partial charge in [-0.05, 0) is 83.5 Å². The van der Waals surface area contributed by atoms with Gasteiger partial charge in [-0.3, -0.25) is 14.4 Å². The van der Waals surface area contributed by atoms with Crippen LogP contribution in [0.25, 0.3) is 0 Å². The van der Waals surface area contributed by atoms with Crippen molar-refractivity contribution < 1.29 is 28.6 Å². The van der Waals surface area contributed by atoms with Gasteiger partial charge in [0.25, 0.3) is 0 Å². The summed E-state index contributed by atoms with van der Waals surface area (Å²) in [4.78, 5) is 37.9. The fourth-order valence-corrected chi connectivity index (χ4v) is 7.15. The average Bonchev–Trinajstić information content (AvgIpc) is 3.24. The molecule has 6 nitrogen and oxygen atoms in total. The maximum Gasteiger partial charge on any atom is 0.306 e. The summed E-state index contributed by atoms with van der Waals surface area (Å²) in [5, 5.41) is 0. The molecule has 0 heterocycles. The van der Waals surface area contributed by atoms with Crippen LogP contribution >= 0.6 is 0 Å². The summed E-state index contributed by atoms with van der Waals surface area (Å²) in [6.07, 6.45) is 58.0. The first kappa shape index (κ1) is 57.4. The maximum atomic E-state index is 12.8. The van der Waals surface area contributed by atoms with Crippen LogP contribution in [0, 0.1) is 0 Å². The highest BCUT2D eigenvalue weighted by atomic mass is 16.6. The molecule has 0 aromatic rings. The predicted octanol–water partition coefficient (Wildman–Crippen LogP) is 16.7. The van der Waals surface area contributed by atoms with Gasteiger partial charge >= 0.3 is 17.9 Å². The molecule has 0 bridgehead atoms. The van der Waals surface area contributed by atoms with E-state index < -0.39 is 6.10 Å². The van der Waals surface area contributed by atoms with Gasteiger partial charge in [-0.15, -0.1) is 0 Å². The summed E-state index contributed by atoms with van der Waals surface area (Å²) in [6, 6.07) is 0. The molecule has 0 N–H and O–H groups in total. The molecule has 6 heteroatoms. The van der Waals surface area contributed by atoms with Gasteiger partial charge < -0.3 is 14.2 Å². The molecule has 348 valence electrons. The molecule has 0 saturated heterocycles. The first-order valence-corrected chi connectivity index (χ1v) is 25.6. The Hall–Kier alpha value is -2.63. The molecule has 0 aromatic carbocycles. The van der Waals surface area contributed by atoms with Crippen LogP contribution in [0.15, 0.2) is 48.6 Å². The Morgan fingerprint density at radius 2 is 0.600 bits per heavy atom. The quantitative estimate of drug-likeness (QED) is 0.0263.